The maximum atomic E-state index is 15.1. The van der Waals surface area contributed by atoms with E-state index in [9.17, 15) is 24.3 Å². The lowest BCUT2D eigenvalue weighted by atomic mass is 9.31. The van der Waals surface area contributed by atoms with Crippen molar-refractivity contribution < 1.29 is 42.6 Å². The molecule has 6 aliphatic rings. The van der Waals surface area contributed by atoms with Crippen LogP contribution in [-0.2, 0) is 35.3 Å². The number of fused-ring (bicyclic) bond motifs is 7. The number of ketones is 1. The number of carboxylic acid groups (broad SMARTS) is 1. The average molecular weight is 767 g/mol. The number of carbonyl (C=O) groups is 4. The molecule has 7 rings (SSSR count). The quantitative estimate of drug-likeness (QED) is 0.315. The molecular formula is C43H62N2O10. The zero-order chi connectivity index (χ0) is 40.1. The molecule has 0 amide bonds. The Balaban J connectivity index is 1.25. The van der Waals surface area contributed by atoms with Crippen LogP contribution in [0.4, 0.5) is 0 Å². The fourth-order valence-electron chi connectivity index (χ4n) is 13.3. The Hall–Kier alpha value is -3.25. The Bertz CT molecular complexity index is 1860. The summed E-state index contributed by atoms with van der Waals surface area (Å²) in [5.74, 6) is -3.00. The Labute approximate surface area is 324 Å². The second-order valence-electron chi connectivity index (χ2n) is 20.1. The fourth-order valence-corrected chi connectivity index (χ4v) is 13.3. The number of hydrogen-bond acceptors (Lipinski definition) is 11. The largest absolute Gasteiger partial charge is 0.519 e. The molecule has 12 heteroatoms. The number of piperazine rings is 1. The van der Waals surface area contributed by atoms with Crippen molar-refractivity contribution in [2.24, 2.45) is 49.7 Å². The number of hydrogen-bond donors (Lipinski definition) is 1. The molecule has 0 aromatic carbocycles. The highest BCUT2D eigenvalue weighted by atomic mass is 16.6. The lowest BCUT2D eigenvalue weighted by Crippen LogP contribution is -2.69. The van der Waals surface area contributed by atoms with E-state index in [0.717, 1.165) is 51.0 Å². The maximum Gasteiger partial charge on any atom is 0.519 e. The number of ether oxygens (including phenoxy) is 2. The van der Waals surface area contributed by atoms with Gasteiger partial charge in [-0.1, -0.05) is 40.2 Å². The zero-order valence-electron chi connectivity index (χ0n) is 34.4. The van der Waals surface area contributed by atoms with E-state index in [1.54, 1.807) is 6.92 Å². The van der Waals surface area contributed by atoms with Crippen molar-refractivity contribution in [1.29, 1.82) is 0 Å². The van der Waals surface area contributed by atoms with Crippen LogP contribution >= 0.6 is 0 Å². The molecule has 304 valence electrons. The molecule has 5 aliphatic carbocycles. The summed E-state index contributed by atoms with van der Waals surface area (Å²) in [6.45, 7) is 19.6. The third-order valence-corrected chi connectivity index (χ3v) is 17.2. The molecule has 4 saturated carbocycles. The molecule has 10 atom stereocenters. The summed E-state index contributed by atoms with van der Waals surface area (Å²) in [6.07, 6.45) is 7.12. The van der Waals surface area contributed by atoms with Crippen molar-refractivity contribution in [3.63, 3.8) is 0 Å². The van der Waals surface area contributed by atoms with Crippen LogP contribution in [0.3, 0.4) is 0 Å². The molecule has 2 heterocycles. The van der Waals surface area contributed by atoms with Crippen molar-refractivity contribution in [1.82, 2.24) is 9.80 Å². The first-order chi connectivity index (χ1) is 25.6. The van der Waals surface area contributed by atoms with Gasteiger partial charge in [-0.2, -0.15) is 0 Å². The Kier molecular flexibility index (Phi) is 9.55. The van der Waals surface area contributed by atoms with Crippen LogP contribution in [-0.4, -0.2) is 84.5 Å². The second-order valence-corrected chi connectivity index (χ2v) is 20.1. The molecule has 0 unspecified atom stereocenters. The number of aliphatic carboxylic acids is 1. The van der Waals surface area contributed by atoms with Gasteiger partial charge in [-0.15, -0.1) is 0 Å². The van der Waals surface area contributed by atoms with E-state index in [1.807, 2.05) is 19.9 Å². The van der Waals surface area contributed by atoms with E-state index in [4.69, 9.17) is 18.3 Å². The van der Waals surface area contributed by atoms with Gasteiger partial charge >= 0.3 is 23.7 Å². The summed E-state index contributed by atoms with van der Waals surface area (Å²) in [5, 5.41) is 10.4. The number of likely N-dealkylation sites (N-methyl/N-ethyl adjacent to an activating group) is 1. The maximum absolute atomic E-state index is 15.1. The average Bonchev–Trinajstić information content (AvgIpc) is 3.44. The highest BCUT2D eigenvalue weighted by molar-refractivity contribution is 5.96. The van der Waals surface area contributed by atoms with Gasteiger partial charge in [0, 0.05) is 32.1 Å². The number of nitrogens with zero attached hydrogens (tertiary/aromatic N) is 2. The molecule has 0 radical (unpaired) electrons. The number of carbonyl (C=O) groups excluding carboxylic acids is 3. The summed E-state index contributed by atoms with van der Waals surface area (Å²) >= 11 is 0. The molecule has 0 bridgehead atoms. The van der Waals surface area contributed by atoms with Crippen molar-refractivity contribution in [3.05, 3.63) is 33.8 Å². The predicted octanol–water partition coefficient (Wildman–Crippen LogP) is 6.18. The predicted molar refractivity (Wildman–Crippen MR) is 202 cm³/mol. The molecule has 1 saturated heterocycles. The molecule has 55 heavy (non-hydrogen) atoms. The minimum absolute atomic E-state index is 0.0484. The standard InChI is InChI=1S/C43H62N2O10/c1-26-28(54-36(51)53-26)24-52-35(50)43(8)29-10-13-41(6)33(39(29,4)12-11-31(43)55-32(47)23-45-20-18-44(9)19-21-45)27(46)22-30-40(41,5)17-16-38(3)15-14-37(2,34(48)49)25-42(30,38)7/h22,29,31,33H,10-21,23-25H2,1-9H3,(H,48,49)/t29-,31+,33-,37+,38-,39+,40-,41-,42+,43+/m1/s1. The summed E-state index contributed by atoms with van der Waals surface area (Å²) in [7, 11) is 2.06. The van der Waals surface area contributed by atoms with E-state index in [0.29, 0.717) is 38.5 Å². The van der Waals surface area contributed by atoms with Gasteiger partial charge in [0.05, 0.1) is 12.0 Å². The van der Waals surface area contributed by atoms with E-state index in [1.165, 1.54) is 0 Å². The van der Waals surface area contributed by atoms with Crippen molar-refractivity contribution >= 4 is 23.7 Å². The number of aryl methyl sites for hydroxylation is 1. The van der Waals surface area contributed by atoms with Crippen LogP contribution in [0.2, 0.25) is 0 Å². The van der Waals surface area contributed by atoms with Crippen molar-refractivity contribution in [2.75, 3.05) is 39.8 Å². The van der Waals surface area contributed by atoms with E-state index in [-0.39, 0.29) is 53.2 Å². The van der Waals surface area contributed by atoms with Gasteiger partial charge in [-0.3, -0.25) is 24.1 Å². The summed E-state index contributed by atoms with van der Waals surface area (Å²) in [6, 6.07) is 0. The summed E-state index contributed by atoms with van der Waals surface area (Å²) in [4.78, 5) is 72.2. The molecule has 12 nitrogen and oxygen atoms in total. The molecule has 0 spiro atoms. The normalized spacial score (nSPS) is 43.3. The smallest absolute Gasteiger partial charge is 0.481 e. The van der Waals surface area contributed by atoms with Gasteiger partial charge in [0.1, 0.15) is 11.5 Å². The molecule has 1 aliphatic heterocycles. The molecule has 1 aromatic rings. The van der Waals surface area contributed by atoms with E-state index >= 15 is 4.79 Å². The van der Waals surface area contributed by atoms with Gasteiger partial charge < -0.3 is 28.3 Å². The third-order valence-electron chi connectivity index (χ3n) is 17.2. The first-order valence-electron chi connectivity index (χ1n) is 20.4. The van der Waals surface area contributed by atoms with Gasteiger partial charge in [0.25, 0.3) is 0 Å². The highest BCUT2D eigenvalue weighted by Crippen LogP contribution is 2.78. The van der Waals surface area contributed by atoms with Crippen LogP contribution < -0.4 is 5.82 Å². The van der Waals surface area contributed by atoms with Gasteiger partial charge in [-0.25, -0.2) is 4.79 Å². The minimum Gasteiger partial charge on any atom is -0.481 e. The van der Waals surface area contributed by atoms with Crippen molar-refractivity contribution in [2.45, 2.75) is 126 Å². The van der Waals surface area contributed by atoms with Crippen LogP contribution in [0.1, 0.15) is 118 Å². The molecule has 1 N–H and O–H groups in total. The van der Waals surface area contributed by atoms with E-state index in [2.05, 4.69) is 51.5 Å². The van der Waals surface area contributed by atoms with Gasteiger partial charge in [0.15, 0.2) is 23.9 Å². The highest BCUT2D eigenvalue weighted by Gasteiger charge is 2.74. The van der Waals surface area contributed by atoms with Crippen LogP contribution in [0.5, 0.6) is 0 Å². The number of carboxylic acids is 1. The number of esters is 2. The molecular weight excluding hydrogens is 704 g/mol. The van der Waals surface area contributed by atoms with Gasteiger partial charge in [-0.05, 0) is 125 Å². The monoisotopic (exact) mass is 766 g/mol. The first-order valence-corrected chi connectivity index (χ1v) is 20.4. The minimum atomic E-state index is -1.31. The van der Waals surface area contributed by atoms with Crippen LogP contribution in [0.25, 0.3) is 0 Å². The Morgan fingerprint density at radius 2 is 1.55 bits per heavy atom. The molecule has 1 aromatic heterocycles. The van der Waals surface area contributed by atoms with Crippen LogP contribution in [0, 0.1) is 56.7 Å². The SMILES string of the molecule is Cc1oc(=O)oc1COC(=O)[C@]1(C)[C@@H](OC(=O)CN2CCN(C)CC2)CC[C@@]2(C)[C@H]1CC[C@]1(C)[C@@H]2C(=O)C=C2[C@]3(C)C[C@@](C)(C(=O)O)CC[C@]3(C)CC[C@]21C. The summed E-state index contributed by atoms with van der Waals surface area (Å²) in [5.41, 5.74) is -3.16. The first kappa shape index (κ1) is 40.0. The fraction of sp³-hybridized carbons (Fsp3) is 0.791. The topological polar surface area (TPSA) is 157 Å². The van der Waals surface area contributed by atoms with E-state index < -0.39 is 56.9 Å². The zero-order valence-corrected chi connectivity index (χ0v) is 34.4. The number of allylic oxidation sites excluding steroid dienone is 2. The van der Waals surface area contributed by atoms with Crippen molar-refractivity contribution in [3.8, 4) is 0 Å². The lowest BCUT2D eigenvalue weighted by molar-refractivity contribution is -0.227. The lowest BCUT2D eigenvalue weighted by Gasteiger charge is -2.72. The Morgan fingerprint density at radius 1 is 0.873 bits per heavy atom. The van der Waals surface area contributed by atoms with Crippen LogP contribution in [0.15, 0.2) is 25.3 Å². The Morgan fingerprint density at radius 3 is 2.18 bits per heavy atom. The second kappa shape index (κ2) is 13.1. The summed E-state index contributed by atoms with van der Waals surface area (Å²) < 4.78 is 22.4. The number of rotatable bonds is 7. The van der Waals surface area contributed by atoms with Gasteiger partial charge in [0.2, 0.25) is 0 Å². The third kappa shape index (κ3) is 5.84. The molecule has 5 fully saturated rings.